The molecule has 2 heterocycles. The van der Waals surface area contributed by atoms with Crippen LogP contribution >= 0.6 is 12.2 Å². The van der Waals surface area contributed by atoms with Crippen LogP contribution in [0.2, 0.25) is 0 Å². The predicted octanol–water partition coefficient (Wildman–Crippen LogP) is 2.75. The lowest BCUT2D eigenvalue weighted by Crippen LogP contribution is -2.43. The van der Waals surface area contributed by atoms with Gasteiger partial charge in [-0.05, 0) is 37.2 Å². The van der Waals surface area contributed by atoms with Crippen molar-refractivity contribution in [1.29, 1.82) is 0 Å². The van der Waals surface area contributed by atoms with Crippen molar-refractivity contribution < 1.29 is 18.0 Å². The molecule has 1 saturated heterocycles. The molecule has 1 aliphatic heterocycles. The fourth-order valence-corrected chi connectivity index (χ4v) is 3.31. The number of piperidine rings is 1. The fourth-order valence-electron chi connectivity index (χ4n) is 3.06. The van der Waals surface area contributed by atoms with Crippen molar-refractivity contribution in [2.24, 2.45) is 5.92 Å². The van der Waals surface area contributed by atoms with Gasteiger partial charge < -0.3 is 5.32 Å². The molecule has 0 spiro atoms. The zero-order valence-corrected chi connectivity index (χ0v) is 15.3. The van der Waals surface area contributed by atoms with Gasteiger partial charge in [-0.2, -0.15) is 18.3 Å². The molecule has 1 fully saturated rings. The van der Waals surface area contributed by atoms with Gasteiger partial charge in [0.1, 0.15) is 12.9 Å². The third-order valence-corrected chi connectivity index (χ3v) is 4.93. The molecule has 10 heteroatoms. The largest absolute Gasteiger partial charge is 0.405 e. The van der Waals surface area contributed by atoms with Crippen LogP contribution in [0, 0.1) is 10.7 Å². The molecular formula is C17H20F3N5OS. The van der Waals surface area contributed by atoms with E-state index in [-0.39, 0.29) is 0 Å². The highest BCUT2D eigenvalue weighted by Gasteiger charge is 2.31. The van der Waals surface area contributed by atoms with E-state index in [1.807, 2.05) is 40.2 Å². The Morgan fingerprint density at radius 3 is 2.52 bits per heavy atom. The highest BCUT2D eigenvalue weighted by Crippen LogP contribution is 2.19. The maximum atomic E-state index is 12.2. The summed E-state index contributed by atoms with van der Waals surface area (Å²) in [5, 5.41) is 6.29. The Bertz CT molecular complexity index is 825. The van der Waals surface area contributed by atoms with Gasteiger partial charge in [0, 0.05) is 24.7 Å². The van der Waals surface area contributed by atoms with Gasteiger partial charge in [-0.1, -0.05) is 18.2 Å². The summed E-state index contributed by atoms with van der Waals surface area (Å²) in [5.74, 6) is -0.921. The molecule has 1 aromatic heterocycles. The van der Waals surface area contributed by atoms with E-state index < -0.39 is 24.5 Å². The number of nitrogens with one attached hydrogen (secondary N) is 1. The summed E-state index contributed by atoms with van der Waals surface area (Å²) in [5.41, 5.74) is 0.925. The van der Waals surface area contributed by atoms with Gasteiger partial charge in [0.25, 0.3) is 0 Å². The van der Waals surface area contributed by atoms with E-state index in [1.54, 1.807) is 11.0 Å². The number of aromatic nitrogens is 3. The number of hydrogen-bond acceptors (Lipinski definition) is 4. The van der Waals surface area contributed by atoms with Gasteiger partial charge in [-0.3, -0.25) is 14.3 Å². The number of carbonyl (C=O) groups is 1. The number of halogens is 3. The Morgan fingerprint density at radius 1 is 1.22 bits per heavy atom. The number of likely N-dealkylation sites (tertiary alicyclic amines) is 1. The SMILES string of the molecule is O=C(NCC(F)(F)F)C1CCN(Cn2ncn(-c3ccccc3)c2=S)CC1. The molecule has 0 saturated carbocycles. The molecule has 1 aliphatic rings. The monoisotopic (exact) mass is 399 g/mol. The van der Waals surface area contributed by atoms with Crippen molar-refractivity contribution in [2.45, 2.75) is 25.7 Å². The van der Waals surface area contributed by atoms with Crippen LogP contribution in [0.3, 0.4) is 0 Å². The van der Waals surface area contributed by atoms with E-state index in [0.717, 1.165) is 5.69 Å². The average molecular weight is 399 g/mol. The highest BCUT2D eigenvalue weighted by molar-refractivity contribution is 7.71. The number of amides is 1. The van der Waals surface area contributed by atoms with E-state index >= 15 is 0 Å². The van der Waals surface area contributed by atoms with Crippen LogP contribution in [-0.2, 0) is 11.5 Å². The Kier molecular flexibility index (Phi) is 5.95. The van der Waals surface area contributed by atoms with Crippen molar-refractivity contribution >= 4 is 18.1 Å². The minimum Gasteiger partial charge on any atom is -0.347 e. The summed E-state index contributed by atoms with van der Waals surface area (Å²) in [7, 11) is 0. The van der Waals surface area contributed by atoms with Crippen molar-refractivity contribution in [3.05, 3.63) is 41.4 Å². The number of hydrogen-bond donors (Lipinski definition) is 1. The summed E-state index contributed by atoms with van der Waals surface area (Å²) in [6, 6.07) is 9.64. The summed E-state index contributed by atoms with van der Waals surface area (Å²) in [6.45, 7) is 0.405. The van der Waals surface area contributed by atoms with Crippen molar-refractivity contribution in [1.82, 2.24) is 24.6 Å². The molecule has 0 radical (unpaired) electrons. The number of carbonyl (C=O) groups excluding carboxylic acids is 1. The standard InChI is InChI=1S/C17H20F3N5OS/c18-17(19,20)10-21-15(26)13-6-8-23(9-7-13)12-25-16(27)24(11-22-25)14-4-2-1-3-5-14/h1-5,11,13H,6-10,12H2,(H,21,26). The molecular weight excluding hydrogens is 379 g/mol. The molecule has 1 N–H and O–H groups in total. The molecule has 2 aromatic rings. The first-order valence-corrected chi connectivity index (χ1v) is 9.01. The van der Waals surface area contributed by atoms with Gasteiger partial charge in [0.15, 0.2) is 0 Å². The lowest BCUT2D eigenvalue weighted by Gasteiger charge is -2.31. The topological polar surface area (TPSA) is 55.1 Å². The van der Waals surface area contributed by atoms with E-state index in [4.69, 9.17) is 12.2 Å². The van der Waals surface area contributed by atoms with Crippen LogP contribution in [0.15, 0.2) is 36.7 Å². The summed E-state index contributed by atoms with van der Waals surface area (Å²) in [6.07, 6.45) is -1.70. The number of alkyl halides is 3. The first kappa shape index (κ1) is 19.6. The minimum absolute atomic E-state index is 0.390. The molecule has 146 valence electrons. The van der Waals surface area contributed by atoms with Crippen LogP contribution in [0.25, 0.3) is 5.69 Å². The number of para-hydroxylation sites is 1. The van der Waals surface area contributed by atoms with Crippen molar-refractivity contribution in [2.75, 3.05) is 19.6 Å². The minimum atomic E-state index is -4.38. The maximum absolute atomic E-state index is 12.2. The highest BCUT2D eigenvalue weighted by atomic mass is 32.1. The molecule has 0 aliphatic carbocycles. The predicted molar refractivity (Wildman–Crippen MR) is 95.7 cm³/mol. The zero-order valence-electron chi connectivity index (χ0n) is 14.5. The average Bonchev–Trinajstić information content (AvgIpc) is 3.01. The van der Waals surface area contributed by atoms with Gasteiger partial charge >= 0.3 is 6.18 Å². The third kappa shape index (κ3) is 5.16. The van der Waals surface area contributed by atoms with E-state index in [2.05, 4.69) is 10.00 Å². The van der Waals surface area contributed by atoms with E-state index in [9.17, 15) is 18.0 Å². The fraction of sp³-hybridized carbons (Fsp3) is 0.471. The lowest BCUT2D eigenvalue weighted by molar-refractivity contribution is -0.141. The van der Waals surface area contributed by atoms with E-state index in [0.29, 0.717) is 37.4 Å². The van der Waals surface area contributed by atoms with Crippen LogP contribution in [-0.4, -0.2) is 51.0 Å². The second-order valence-corrected chi connectivity index (χ2v) is 6.85. The van der Waals surface area contributed by atoms with Gasteiger partial charge in [-0.25, -0.2) is 4.68 Å². The molecule has 0 bridgehead atoms. The molecule has 27 heavy (non-hydrogen) atoms. The van der Waals surface area contributed by atoms with Gasteiger partial charge in [-0.15, -0.1) is 0 Å². The van der Waals surface area contributed by atoms with Gasteiger partial charge in [0.05, 0.1) is 6.67 Å². The number of rotatable bonds is 5. The van der Waals surface area contributed by atoms with Crippen molar-refractivity contribution in [3.63, 3.8) is 0 Å². The molecule has 1 aromatic carbocycles. The lowest BCUT2D eigenvalue weighted by atomic mass is 9.96. The Labute approximate surface area is 159 Å². The maximum Gasteiger partial charge on any atom is 0.405 e. The normalized spacial score (nSPS) is 16.4. The quantitative estimate of drug-likeness (QED) is 0.786. The Morgan fingerprint density at radius 2 is 1.89 bits per heavy atom. The molecule has 3 rings (SSSR count). The molecule has 1 amide bonds. The van der Waals surface area contributed by atoms with Gasteiger partial charge in [0.2, 0.25) is 10.7 Å². The first-order chi connectivity index (χ1) is 12.8. The third-order valence-electron chi connectivity index (χ3n) is 4.52. The van der Waals surface area contributed by atoms with Crippen molar-refractivity contribution in [3.8, 4) is 5.69 Å². The molecule has 0 unspecified atom stereocenters. The summed E-state index contributed by atoms with van der Waals surface area (Å²) in [4.78, 5) is 13.9. The Balaban J connectivity index is 1.54. The number of nitrogens with zero attached hydrogens (tertiary/aromatic N) is 4. The number of benzene rings is 1. The second kappa shape index (κ2) is 8.22. The van der Waals surface area contributed by atoms with Crippen LogP contribution in [0.5, 0.6) is 0 Å². The van der Waals surface area contributed by atoms with E-state index in [1.165, 1.54) is 0 Å². The summed E-state index contributed by atoms with van der Waals surface area (Å²) >= 11 is 5.48. The van der Waals surface area contributed by atoms with Crippen LogP contribution in [0.1, 0.15) is 12.8 Å². The first-order valence-electron chi connectivity index (χ1n) is 8.60. The second-order valence-electron chi connectivity index (χ2n) is 6.49. The molecule has 6 nitrogen and oxygen atoms in total. The molecule has 0 atom stereocenters. The smallest absolute Gasteiger partial charge is 0.347 e. The Hall–Kier alpha value is -2.20. The van der Waals surface area contributed by atoms with Crippen LogP contribution in [0.4, 0.5) is 13.2 Å². The van der Waals surface area contributed by atoms with Crippen LogP contribution < -0.4 is 5.32 Å². The summed E-state index contributed by atoms with van der Waals surface area (Å²) < 4.78 is 40.7. The zero-order chi connectivity index (χ0) is 19.4.